The Morgan fingerprint density at radius 2 is 2.06 bits per heavy atom. The minimum absolute atomic E-state index is 0.0628. The van der Waals surface area contributed by atoms with E-state index in [4.69, 9.17) is 11.6 Å². The lowest BCUT2D eigenvalue weighted by molar-refractivity contribution is -0.138. The van der Waals surface area contributed by atoms with Gasteiger partial charge < -0.3 is 10.1 Å². The first-order valence-corrected chi connectivity index (χ1v) is 4.89. The summed E-state index contributed by atoms with van der Waals surface area (Å²) < 4.78 is 41.6. The van der Waals surface area contributed by atoms with Crippen LogP contribution >= 0.6 is 11.6 Å². The number of ether oxygens (including phenoxy) is 1. The van der Waals surface area contributed by atoms with Gasteiger partial charge in [0, 0.05) is 10.7 Å². The number of rotatable bonds is 3. The van der Waals surface area contributed by atoms with Gasteiger partial charge in [0.2, 0.25) is 0 Å². The fraction of sp³-hybridized carbons (Fsp3) is 0.300. The molecule has 1 aromatic carbocycles. The molecule has 0 aliphatic carbocycles. The molecule has 3 nitrogen and oxygen atoms in total. The lowest BCUT2D eigenvalue weighted by atomic mass is 10.2. The number of nitrogens with one attached hydrogen (secondary N) is 1. The monoisotopic (exact) mass is 267 g/mol. The van der Waals surface area contributed by atoms with Crippen molar-refractivity contribution in [2.24, 2.45) is 0 Å². The van der Waals surface area contributed by atoms with Gasteiger partial charge in [0.25, 0.3) is 0 Å². The molecule has 0 aliphatic heterocycles. The highest BCUT2D eigenvalue weighted by Gasteiger charge is 2.31. The van der Waals surface area contributed by atoms with Crippen molar-refractivity contribution >= 4 is 23.3 Å². The van der Waals surface area contributed by atoms with Crippen LogP contribution in [0.4, 0.5) is 18.9 Å². The van der Waals surface area contributed by atoms with Gasteiger partial charge >= 0.3 is 12.1 Å². The first-order chi connectivity index (χ1) is 7.82. The molecule has 0 aliphatic rings. The van der Waals surface area contributed by atoms with Crippen LogP contribution in [0.25, 0.3) is 0 Å². The van der Waals surface area contributed by atoms with Gasteiger partial charge in [0.1, 0.15) is 6.54 Å². The molecule has 0 amide bonds. The van der Waals surface area contributed by atoms with Crippen molar-refractivity contribution in [1.82, 2.24) is 0 Å². The quantitative estimate of drug-likeness (QED) is 0.856. The highest BCUT2D eigenvalue weighted by molar-refractivity contribution is 6.30. The van der Waals surface area contributed by atoms with Gasteiger partial charge in [-0.25, -0.2) is 0 Å². The van der Waals surface area contributed by atoms with Crippen LogP contribution in [0.5, 0.6) is 0 Å². The van der Waals surface area contributed by atoms with Gasteiger partial charge in [-0.1, -0.05) is 11.6 Å². The first kappa shape index (κ1) is 13.6. The zero-order chi connectivity index (χ0) is 13.1. The standard InChI is InChI=1S/C10H9ClF3NO2/c1-17-9(16)5-15-8-3-6(10(12,13)14)2-7(11)4-8/h2-4,15H,5H2,1H3. The molecule has 0 atom stereocenters. The Balaban J connectivity index is 2.87. The molecule has 0 saturated heterocycles. The normalized spacial score (nSPS) is 11.1. The topological polar surface area (TPSA) is 38.3 Å². The summed E-state index contributed by atoms with van der Waals surface area (Å²) in [4.78, 5) is 10.8. The van der Waals surface area contributed by atoms with Crippen molar-refractivity contribution in [3.05, 3.63) is 28.8 Å². The molecule has 0 unspecified atom stereocenters. The smallest absolute Gasteiger partial charge is 0.416 e. The third-order valence-electron chi connectivity index (χ3n) is 1.89. The van der Waals surface area contributed by atoms with Gasteiger partial charge in [-0.2, -0.15) is 13.2 Å². The third-order valence-corrected chi connectivity index (χ3v) is 2.11. The Bertz CT molecular complexity index is 421. The second-order valence-corrected chi connectivity index (χ2v) is 3.59. The number of carbonyl (C=O) groups is 1. The van der Waals surface area contributed by atoms with Crippen LogP contribution in [-0.4, -0.2) is 19.6 Å². The van der Waals surface area contributed by atoms with Crippen LogP contribution in [-0.2, 0) is 15.7 Å². The lowest BCUT2D eigenvalue weighted by Crippen LogP contribution is -2.15. The number of hydrogen-bond donors (Lipinski definition) is 1. The van der Waals surface area contributed by atoms with E-state index in [0.717, 1.165) is 12.1 Å². The molecule has 0 saturated carbocycles. The van der Waals surface area contributed by atoms with Crippen molar-refractivity contribution in [1.29, 1.82) is 0 Å². The fourth-order valence-electron chi connectivity index (χ4n) is 1.10. The number of alkyl halides is 3. The number of halogens is 4. The van der Waals surface area contributed by atoms with Gasteiger partial charge in [-0.15, -0.1) is 0 Å². The molecule has 17 heavy (non-hydrogen) atoms. The van der Waals surface area contributed by atoms with E-state index >= 15 is 0 Å². The fourth-order valence-corrected chi connectivity index (χ4v) is 1.34. The number of esters is 1. The van der Waals surface area contributed by atoms with Gasteiger partial charge in [-0.3, -0.25) is 4.79 Å². The Kier molecular flexibility index (Phi) is 4.22. The lowest BCUT2D eigenvalue weighted by Gasteiger charge is -2.11. The van der Waals surface area contributed by atoms with Gasteiger partial charge in [0.15, 0.2) is 0 Å². The Morgan fingerprint density at radius 3 is 2.59 bits per heavy atom. The van der Waals surface area contributed by atoms with Crippen LogP contribution in [0, 0.1) is 0 Å². The molecule has 0 bridgehead atoms. The number of anilines is 1. The average molecular weight is 268 g/mol. The first-order valence-electron chi connectivity index (χ1n) is 4.51. The van der Waals surface area contributed by atoms with Crippen LogP contribution in [0.3, 0.4) is 0 Å². The van der Waals surface area contributed by atoms with Crippen molar-refractivity contribution < 1.29 is 22.7 Å². The molecule has 0 radical (unpaired) electrons. The van der Waals surface area contributed by atoms with E-state index in [0.29, 0.717) is 0 Å². The van der Waals surface area contributed by atoms with Crippen molar-refractivity contribution in [3.8, 4) is 0 Å². The van der Waals surface area contributed by atoms with Crippen LogP contribution in [0.15, 0.2) is 18.2 Å². The van der Waals surface area contributed by atoms with Crippen LogP contribution in [0.2, 0.25) is 5.02 Å². The molecule has 94 valence electrons. The molecule has 7 heteroatoms. The molecule has 0 heterocycles. The number of methoxy groups -OCH3 is 1. The summed E-state index contributed by atoms with van der Waals surface area (Å²) >= 11 is 5.55. The molecule has 0 spiro atoms. The van der Waals surface area contributed by atoms with Crippen molar-refractivity contribution in [2.75, 3.05) is 19.0 Å². The second kappa shape index (κ2) is 5.27. The maximum Gasteiger partial charge on any atom is 0.416 e. The van der Waals surface area contributed by atoms with Crippen LogP contribution < -0.4 is 5.32 Å². The SMILES string of the molecule is COC(=O)CNc1cc(Cl)cc(C(F)(F)F)c1. The summed E-state index contributed by atoms with van der Waals surface area (Å²) in [6.45, 7) is -0.228. The number of benzene rings is 1. The molecule has 1 aromatic rings. The number of hydrogen-bond acceptors (Lipinski definition) is 3. The summed E-state index contributed by atoms with van der Waals surface area (Å²) in [5.41, 5.74) is -0.771. The van der Waals surface area contributed by atoms with Crippen molar-refractivity contribution in [3.63, 3.8) is 0 Å². The van der Waals surface area contributed by atoms with Crippen molar-refractivity contribution in [2.45, 2.75) is 6.18 Å². The van der Waals surface area contributed by atoms with E-state index < -0.39 is 17.7 Å². The molecular weight excluding hydrogens is 259 g/mol. The summed E-state index contributed by atoms with van der Waals surface area (Å²) in [7, 11) is 1.18. The molecule has 1 N–H and O–H groups in total. The largest absolute Gasteiger partial charge is 0.468 e. The van der Waals surface area contributed by atoms with E-state index in [2.05, 4.69) is 10.1 Å². The third kappa shape index (κ3) is 4.14. The molecule has 0 fully saturated rings. The predicted molar refractivity (Wildman–Crippen MR) is 57.0 cm³/mol. The maximum absolute atomic E-state index is 12.4. The average Bonchev–Trinajstić information content (AvgIpc) is 2.24. The second-order valence-electron chi connectivity index (χ2n) is 3.16. The Morgan fingerprint density at radius 1 is 1.41 bits per heavy atom. The summed E-state index contributed by atoms with van der Waals surface area (Å²) in [5.74, 6) is -0.585. The summed E-state index contributed by atoms with van der Waals surface area (Å²) in [6.07, 6.45) is -4.48. The highest BCUT2D eigenvalue weighted by Crippen LogP contribution is 2.33. The van der Waals surface area contributed by atoms with E-state index in [1.54, 1.807) is 0 Å². The Hall–Kier alpha value is -1.43. The van der Waals surface area contributed by atoms with E-state index in [1.807, 2.05) is 0 Å². The number of carbonyl (C=O) groups excluding carboxylic acids is 1. The van der Waals surface area contributed by atoms with Crippen LogP contribution in [0.1, 0.15) is 5.56 Å². The molecular formula is C10H9ClF3NO2. The van der Waals surface area contributed by atoms with Gasteiger partial charge in [-0.05, 0) is 18.2 Å². The zero-order valence-electron chi connectivity index (χ0n) is 8.77. The molecule has 1 rings (SSSR count). The predicted octanol–water partition coefficient (Wildman–Crippen LogP) is 2.94. The van der Waals surface area contributed by atoms with E-state index in [1.165, 1.54) is 13.2 Å². The zero-order valence-corrected chi connectivity index (χ0v) is 9.52. The van der Waals surface area contributed by atoms with Gasteiger partial charge in [0.05, 0.1) is 12.7 Å². The highest BCUT2D eigenvalue weighted by atomic mass is 35.5. The Labute approximate surface area is 101 Å². The maximum atomic E-state index is 12.4. The minimum atomic E-state index is -4.48. The summed E-state index contributed by atoms with van der Waals surface area (Å²) in [6, 6.07) is 2.97. The van der Waals surface area contributed by atoms with E-state index in [-0.39, 0.29) is 17.3 Å². The van der Waals surface area contributed by atoms with E-state index in [9.17, 15) is 18.0 Å². The summed E-state index contributed by atoms with van der Waals surface area (Å²) in [5, 5.41) is 2.43. The minimum Gasteiger partial charge on any atom is -0.468 e. The molecule has 0 aromatic heterocycles.